The molecule has 57 heavy (non-hydrogen) atoms. The summed E-state index contributed by atoms with van der Waals surface area (Å²) in [5, 5.41) is 11.6. The number of carboxylic acid groups (broad SMARTS) is 1. The zero-order valence-corrected chi connectivity index (χ0v) is 37.0. The summed E-state index contributed by atoms with van der Waals surface area (Å²) < 4.78 is 17.1. The van der Waals surface area contributed by atoms with Crippen LogP contribution in [0.5, 0.6) is 0 Å². The highest BCUT2D eigenvalue weighted by atomic mass is 16.6. The van der Waals surface area contributed by atoms with Crippen molar-refractivity contribution in [2.75, 3.05) is 41.0 Å². The van der Waals surface area contributed by atoms with Gasteiger partial charge in [-0.3, -0.25) is 9.59 Å². The number of quaternary nitrogens is 1. The number of likely N-dealkylation sites (N-methyl/N-ethyl adjacent to an activating group) is 1. The summed E-state index contributed by atoms with van der Waals surface area (Å²) in [5.74, 6) is -1.78. The number of rotatable bonds is 39. The topological polar surface area (TPSA) is 102 Å². The van der Waals surface area contributed by atoms with Gasteiger partial charge in [0.05, 0.1) is 40.3 Å². The van der Waals surface area contributed by atoms with E-state index in [1.807, 2.05) is 0 Å². The molecule has 0 amide bonds. The normalized spacial score (nSPS) is 13.6. The lowest BCUT2D eigenvalue weighted by Gasteiger charge is -2.34. The Hall–Kier alpha value is -3.23. The van der Waals surface area contributed by atoms with Crippen LogP contribution >= 0.6 is 0 Å². The lowest BCUT2D eigenvalue weighted by molar-refractivity contribution is -0.889. The van der Waals surface area contributed by atoms with Gasteiger partial charge in [0.2, 0.25) is 0 Å². The van der Waals surface area contributed by atoms with E-state index in [4.69, 9.17) is 14.2 Å². The number of carbonyl (C=O) groups is 3. The fraction of sp³-hybridized carbons (Fsp3) is 0.694. The number of unbranched alkanes of at least 4 members (excludes halogenated alkanes) is 17. The third kappa shape index (κ3) is 38.1. The van der Waals surface area contributed by atoms with Gasteiger partial charge in [-0.2, -0.15) is 0 Å². The van der Waals surface area contributed by atoms with Crippen LogP contribution in [0, 0.1) is 0 Å². The predicted octanol–water partition coefficient (Wildman–Crippen LogP) is 11.0. The number of hydrogen-bond donors (Lipinski definition) is 0. The van der Waals surface area contributed by atoms with Crippen molar-refractivity contribution in [3.63, 3.8) is 0 Å². The van der Waals surface area contributed by atoms with Crippen molar-refractivity contribution in [2.45, 2.75) is 180 Å². The quantitative estimate of drug-likeness (QED) is 0.0264. The van der Waals surface area contributed by atoms with E-state index in [0.29, 0.717) is 12.8 Å². The second-order valence-corrected chi connectivity index (χ2v) is 16.0. The molecular formula is C49H83NO7. The number of hydrogen-bond acceptors (Lipinski definition) is 7. The molecule has 0 aliphatic carbocycles. The Labute approximate surface area is 349 Å². The van der Waals surface area contributed by atoms with Gasteiger partial charge < -0.3 is 28.6 Å². The first kappa shape index (κ1) is 53.8. The van der Waals surface area contributed by atoms with Crippen molar-refractivity contribution in [1.82, 2.24) is 0 Å². The molecule has 2 unspecified atom stereocenters. The van der Waals surface area contributed by atoms with E-state index < -0.39 is 18.1 Å². The van der Waals surface area contributed by atoms with Crippen LogP contribution in [0.1, 0.15) is 168 Å². The Kier molecular flexibility index (Phi) is 37.3. The molecule has 2 atom stereocenters. The number of carboxylic acids is 1. The highest BCUT2D eigenvalue weighted by Gasteiger charge is 2.25. The monoisotopic (exact) mass is 798 g/mol. The smallest absolute Gasteiger partial charge is 0.306 e. The van der Waals surface area contributed by atoms with Crippen LogP contribution in [0.15, 0.2) is 72.9 Å². The molecule has 0 aromatic rings. The molecular weight excluding hydrogens is 715 g/mol. The molecule has 0 heterocycles. The first-order valence-corrected chi connectivity index (χ1v) is 22.5. The fourth-order valence-corrected chi connectivity index (χ4v) is 6.19. The summed E-state index contributed by atoms with van der Waals surface area (Å²) in [6.07, 6.45) is 49.2. The molecule has 0 rings (SSSR count). The van der Waals surface area contributed by atoms with Crippen molar-refractivity contribution < 1.29 is 38.2 Å². The van der Waals surface area contributed by atoms with Gasteiger partial charge in [0.25, 0.3) is 0 Å². The van der Waals surface area contributed by atoms with Crippen molar-refractivity contribution in [3.05, 3.63) is 72.9 Å². The minimum atomic E-state index is -1.13. The summed E-state index contributed by atoms with van der Waals surface area (Å²) in [6, 6.07) is -0.735. The maximum atomic E-state index is 12.7. The molecule has 0 aromatic carbocycles. The van der Waals surface area contributed by atoms with E-state index in [2.05, 4.69) is 86.8 Å². The van der Waals surface area contributed by atoms with Crippen LogP contribution in [-0.2, 0) is 28.6 Å². The second kappa shape index (κ2) is 39.6. The van der Waals surface area contributed by atoms with Gasteiger partial charge in [-0.1, -0.05) is 164 Å². The van der Waals surface area contributed by atoms with Crippen LogP contribution < -0.4 is 5.11 Å². The maximum absolute atomic E-state index is 12.7. The fourth-order valence-electron chi connectivity index (χ4n) is 6.19. The second-order valence-electron chi connectivity index (χ2n) is 16.0. The maximum Gasteiger partial charge on any atom is 0.306 e. The third-order valence-electron chi connectivity index (χ3n) is 9.70. The van der Waals surface area contributed by atoms with Crippen molar-refractivity contribution >= 4 is 17.9 Å². The molecule has 0 aliphatic rings. The number of carbonyl (C=O) groups excluding carboxylic acids is 3. The Balaban J connectivity index is 4.40. The Morgan fingerprint density at radius 1 is 0.544 bits per heavy atom. The van der Waals surface area contributed by atoms with Gasteiger partial charge in [0, 0.05) is 19.3 Å². The Morgan fingerprint density at radius 2 is 0.982 bits per heavy atom. The van der Waals surface area contributed by atoms with Gasteiger partial charge in [-0.25, -0.2) is 0 Å². The zero-order chi connectivity index (χ0) is 42.1. The van der Waals surface area contributed by atoms with Crippen LogP contribution in [-0.4, -0.2) is 75.5 Å². The number of ether oxygens (including phenoxy) is 3. The summed E-state index contributed by atoms with van der Waals surface area (Å²) in [6.45, 7) is 4.47. The van der Waals surface area contributed by atoms with E-state index in [1.165, 1.54) is 51.4 Å². The molecule has 0 saturated carbocycles. The van der Waals surface area contributed by atoms with Crippen molar-refractivity contribution in [2.24, 2.45) is 0 Å². The molecule has 0 fully saturated rings. The van der Waals surface area contributed by atoms with Crippen LogP contribution in [0.2, 0.25) is 0 Å². The highest BCUT2D eigenvalue weighted by molar-refractivity contribution is 5.70. The van der Waals surface area contributed by atoms with E-state index >= 15 is 0 Å². The predicted molar refractivity (Wildman–Crippen MR) is 235 cm³/mol. The van der Waals surface area contributed by atoms with Crippen LogP contribution in [0.25, 0.3) is 0 Å². The third-order valence-corrected chi connectivity index (χ3v) is 9.70. The molecule has 0 aliphatic heterocycles. The molecule has 8 heteroatoms. The summed E-state index contributed by atoms with van der Waals surface area (Å²) >= 11 is 0. The lowest BCUT2D eigenvalue weighted by Crippen LogP contribution is -2.55. The molecule has 0 saturated heterocycles. The first-order chi connectivity index (χ1) is 27.6. The van der Waals surface area contributed by atoms with E-state index in [9.17, 15) is 19.5 Å². The van der Waals surface area contributed by atoms with Gasteiger partial charge in [-0.15, -0.1) is 0 Å². The molecule has 326 valence electrons. The lowest BCUT2D eigenvalue weighted by atomic mass is 10.1. The number of nitrogens with zero attached hydrogens (tertiary/aromatic N) is 1. The minimum Gasteiger partial charge on any atom is -0.544 e. The molecule has 0 spiro atoms. The van der Waals surface area contributed by atoms with Crippen LogP contribution in [0.3, 0.4) is 0 Å². The average molecular weight is 798 g/mol. The molecule has 0 bridgehead atoms. The molecule has 0 radical (unpaired) electrons. The van der Waals surface area contributed by atoms with E-state index in [-0.39, 0.29) is 42.7 Å². The number of aliphatic carboxylic acids is 1. The standard InChI is InChI=1S/C49H83NO7/c1-6-8-10-12-14-16-18-20-22-23-24-26-27-29-31-33-35-37-39-47(51)56-44-45(43-55-42-41-46(49(53)54)50(3,4)5)57-48(52)40-38-36-34-32-30-28-25-21-19-17-15-13-11-9-7-2/h9,11,13,15,17-20,22-24,26,45-46H,6-8,10,12,14,16,21,25,27-44H2,1-5H3/b11-9+,15-13+,19-17+,20-18+,23-22+,26-24+. The van der Waals surface area contributed by atoms with Crippen LogP contribution in [0.4, 0.5) is 0 Å². The van der Waals surface area contributed by atoms with E-state index in [0.717, 1.165) is 83.5 Å². The number of esters is 2. The van der Waals surface area contributed by atoms with Crippen molar-refractivity contribution in [3.8, 4) is 0 Å². The van der Waals surface area contributed by atoms with Crippen molar-refractivity contribution in [1.29, 1.82) is 0 Å². The summed E-state index contributed by atoms with van der Waals surface area (Å²) in [5.41, 5.74) is 0. The Bertz CT molecular complexity index is 1160. The van der Waals surface area contributed by atoms with Gasteiger partial charge in [0.1, 0.15) is 12.6 Å². The zero-order valence-electron chi connectivity index (χ0n) is 37.0. The van der Waals surface area contributed by atoms with E-state index in [1.54, 1.807) is 21.1 Å². The highest BCUT2D eigenvalue weighted by Crippen LogP contribution is 2.13. The molecule has 8 nitrogen and oxygen atoms in total. The first-order valence-electron chi connectivity index (χ1n) is 22.5. The summed E-state index contributed by atoms with van der Waals surface area (Å²) in [7, 11) is 5.39. The largest absolute Gasteiger partial charge is 0.544 e. The van der Waals surface area contributed by atoms with Gasteiger partial charge in [-0.05, 0) is 57.8 Å². The van der Waals surface area contributed by atoms with Gasteiger partial charge in [0.15, 0.2) is 6.10 Å². The summed E-state index contributed by atoms with van der Waals surface area (Å²) in [4.78, 5) is 36.9. The minimum absolute atomic E-state index is 0.0252. The van der Waals surface area contributed by atoms with Gasteiger partial charge >= 0.3 is 11.9 Å². The molecule has 0 aromatic heterocycles. The number of allylic oxidation sites excluding steroid dienone is 12. The SMILES string of the molecule is CC/C=C/C=C/C=C/CCCCCCCCCC(=O)OC(COCCC(C(=O)[O-])[N+](C)(C)C)COC(=O)CCCCCCC/C=C/C=C/C=C/CCCCCCC. The molecule has 0 N–H and O–H groups in total. The Morgan fingerprint density at radius 3 is 1.44 bits per heavy atom. The average Bonchev–Trinajstić information content (AvgIpc) is 3.17.